The molecule has 0 bridgehead atoms. The first-order valence-electron chi connectivity index (χ1n) is 6.76. The number of benzene rings is 2. The molecule has 1 aliphatic carbocycles. The zero-order valence-electron chi connectivity index (χ0n) is 11.0. The van der Waals surface area contributed by atoms with E-state index in [1.807, 2.05) is 22.6 Å². The van der Waals surface area contributed by atoms with Gasteiger partial charge in [0.2, 0.25) is 5.82 Å². The van der Waals surface area contributed by atoms with Gasteiger partial charge in [-0.1, -0.05) is 0 Å². The molecule has 1 fully saturated rings. The molecule has 0 aliphatic heterocycles. The monoisotopic (exact) mass is 400 g/mol. The van der Waals surface area contributed by atoms with Crippen LogP contribution in [-0.4, -0.2) is 6.61 Å². The third-order valence-corrected chi connectivity index (χ3v) is 4.61. The molecule has 2 aromatic carbocycles. The fourth-order valence-electron chi connectivity index (χ4n) is 2.40. The Morgan fingerprint density at radius 3 is 2.43 bits per heavy atom. The van der Waals surface area contributed by atoms with Crippen molar-refractivity contribution in [3.05, 3.63) is 39.5 Å². The van der Waals surface area contributed by atoms with Crippen molar-refractivity contribution in [2.45, 2.75) is 12.8 Å². The SMILES string of the molecule is Fc1c(I)ccc2c1oc1c(F)c(OCC3CC3)ccc12. The highest BCUT2D eigenvalue weighted by Gasteiger charge is 2.24. The third kappa shape index (κ3) is 2.18. The van der Waals surface area contributed by atoms with Gasteiger partial charge in [0.05, 0.1) is 10.2 Å². The molecule has 5 heteroatoms. The molecule has 0 radical (unpaired) electrons. The smallest absolute Gasteiger partial charge is 0.208 e. The van der Waals surface area contributed by atoms with E-state index < -0.39 is 11.6 Å². The van der Waals surface area contributed by atoms with E-state index in [1.54, 1.807) is 24.3 Å². The van der Waals surface area contributed by atoms with E-state index in [4.69, 9.17) is 9.15 Å². The van der Waals surface area contributed by atoms with Crippen molar-refractivity contribution in [1.82, 2.24) is 0 Å². The van der Waals surface area contributed by atoms with Gasteiger partial charge in [-0.3, -0.25) is 0 Å². The van der Waals surface area contributed by atoms with E-state index in [0.717, 1.165) is 12.8 Å². The first-order chi connectivity index (χ1) is 10.1. The molecule has 3 aromatic rings. The van der Waals surface area contributed by atoms with Crippen LogP contribution in [-0.2, 0) is 0 Å². The van der Waals surface area contributed by atoms with Gasteiger partial charge in [-0.25, -0.2) is 4.39 Å². The summed E-state index contributed by atoms with van der Waals surface area (Å²) < 4.78 is 39.9. The van der Waals surface area contributed by atoms with Gasteiger partial charge in [-0.2, -0.15) is 4.39 Å². The predicted molar refractivity (Wildman–Crippen MR) is 84.6 cm³/mol. The summed E-state index contributed by atoms with van der Waals surface area (Å²) in [7, 11) is 0. The summed E-state index contributed by atoms with van der Waals surface area (Å²) in [6.07, 6.45) is 2.27. The summed E-state index contributed by atoms with van der Waals surface area (Å²) in [6.45, 7) is 0.523. The lowest BCUT2D eigenvalue weighted by atomic mass is 10.1. The summed E-state index contributed by atoms with van der Waals surface area (Å²) in [5, 5.41) is 1.15. The van der Waals surface area contributed by atoms with Crippen LogP contribution >= 0.6 is 22.6 Å². The Bertz CT molecular complexity index is 852. The van der Waals surface area contributed by atoms with Crippen LogP contribution in [0.2, 0.25) is 0 Å². The van der Waals surface area contributed by atoms with E-state index in [0.29, 0.717) is 26.9 Å². The first kappa shape index (κ1) is 13.3. The molecule has 1 heterocycles. The summed E-state index contributed by atoms with van der Waals surface area (Å²) in [6, 6.07) is 6.71. The summed E-state index contributed by atoms with van der Waals surface area (Å²) in [5.41, 5.74) is 0.148. The summed E-state index contributed by atoms with van der Waals surface area (Å²) in [4.78, 5) is 0. The Morgan fingerprint density at radius 1 is 1.05 bits per heavy atom. The zero-order valence-corrected chi connectivity index (χ0v) is 13.1. The van der Waals surface area contributed by atoms with Crippen LogP contribution in [0.1, 0.15) is 12.8 Å². The molecular formula is C16H11F2IO2. The fourth-order valence-corrected chi connectivity index (χ4v) is 2.82. The van der Waals surface area contributed by atoms with Crippen molar-refractivity contribution >= 4 is 44.5 Å². The van der Waals surface area contributed by atoms with Gasteiger partial charge in [-0.05, 0) is 65.6 Å². The van der Waals surface area contributed by atoms with Crippen molar-refractivity contribution < 1.29 is 17.9 Å². The fraction of sp³-hybridized carbons (Fsp3) is 0.250. The van der Waals surface area contributed by atoms with Crippen molar-refractivity contribution in [2.75, 3.05) is 6.61 Å². The zero-order chi connectivity index (χ0) is 14.6. The number of hydrogen-bond acceptors (Lipinski definition) is 2. The minimum absolute atomic E-state index is 0.0548. The molecule has 0 spiro atoms. The molecule has 2 nitrogen and oxygen atoms in total. The van der Waals surface area contributed by atoms with Crippen molar-refractivity contribution in [2.24, 2.45) is 5.92 Å². The van der Waals surface area contributed by atoms with E-state index in [2.05, 4.69) is 0 Å². The summed E-state index contributed by atoms with van der Waals surface area (Å²) >= 11 is 1.89. The van der Waals surface area contributed by atoms with Crippen molar-refractivity contribution in [3.8, 4) is 5.75 Å². The summed E-state index contributed by atoms with van der Waals surface area (Å²) in [5.74, 6) is -0.304. The number of furan rings is 1. The Hall–Kier alpha value is -1.37. The molecule has 0 atom stereocenters. The average Bonchev–Trinajstić information content (AvgIpc) is 3.22. The number of fused-ring (bicyclic) bond motifs is 3. The van der Waals surface area contributed by atoms with Crippen LogP contribution < -0.4 is 4.74 Å². The van der Waals surface area contributed by atoms with Gasteiger partial charge in [-0.15, -0.1) is 0 Å². The molecule has 0 unspecified atom stereocenters. The van der Waals surface area contributed by atoms with Crippen LogP contribution in [0.5, 0.6) is 5.75 Å². The molecule has 1 saturated carbocycles. The highest BCUT2D eigenvalue weighted by atomic mass is 127. The molecule has 108 valence electrons. The lowest BCUT2D eigenvalue weighted by molar-refractivity contribution is 0.285. The number of halogens is 3. The van der Waals surface area contributed by atoms with E-state index in [9.17, 15) is 8.78 Å². The van der Waals surface area contributed by atoms with Gasteiger partial charge >= 0.3 is 0 Å². The Morgan fingerprint density at radius 2 is 1.71 bits per heavy atom. The van der Waals surface area contributed by atoms with Gasteiger partial charge < -0.3 is 9.15 Å². The molecule has 1 aliphatic rings. The maximum absolute atomic E-state index is 14.5. The lowest BCUT2D eigenvalue weighted by Crippen LogP contribution is -2.00. The topological polar surface area (TPSA) is 22.4 Å². The van der Waals surface area contributed by atoms with E-state index in [-0.39, 0.29) is 16.9 Å². The average molecular weight is 400 g/mol. The highest BCUT2D eigenvalue weighted by molar-refractivity contribution is 14.1. The maximum Gasteiger partial charge on any atom is 0.208 e. The molecule has 0 amide bonds. The second-order valence-corrected chi connectivity index (χ2v) is 6.51. The lowest BCUT2D eigenvalue weighted by Gasteiger charge is -2.05. The second kappa shape index (κ2) is 4.83. The molecule has 4 rings (SSSR count). The predicted octanol–water partition coefficient (Wildman–Crippen LogP) is 5.26. The standard InChI is InChI=1S/C16H11F2IO2/c17-13-11(19)5-3-9-10-4-6-12(20-7-8-1-2-8)14(18)16(10)21-15(9)13/h3-6,8H,1-2,7H2. The van der Waals surface area contributed by atoms with Gasteiger partial charge in [0, 0.05) is 10.8 Å². The molecule has 0 saturated heterocycles. The van der Waals surface area contributed by atoms with Crippen molar-refractivity contribution in [1.29, 1.82) is 0 Å². The van der Waals surface area contributed by atoms with Gasteiger partial charge in [0.1, 0.15) is 0 Å². The second-order valence-electron chi connectivity index (χ2n) is 5.35. The number of ether oxygens (including phenoxy) is 1. The molecular weight excluding hydrogens is 389 g/mol. The van der Waals surface area contributed by atoms with Gasteiger partial charge in [0.15, 0.2) is 22.7 Å². The largest absolute Gasteiger partial charge is 0.490 e. The molecule has 21 heavy (non-hydrogen) atoms. The number of hydrogen-bond donors (Lipinski definition) is 0. The van der Waals surface area contributed by atoms with E-state index in [1.165, 1.54) is 0 Å². The highest BCUT2D eigenvalue weighted by Crippen LogP contribution is 2.37. The number of rotatable bonds is 3. The van der Waals surface area contributed by atoms with Gasteiger partial charge in [0.25, 0.3) is 0 Å². The Balaban J connectivity index is 1.88. The first-order valence-corrected chi connectivity index (χ1v) is 7.84. The van der Waals surface area contributed by atoms with Crippen LogP contribution in [0.15, 0.2) is 28.7 Å². The minimum Gasteiger partial charge on any atom is -0.490 e. The quantitative estimate of drug-likeness (QED) is 0.560. The molecule has 1 aromatic heterocycles. The minimum atomic E-state index is -0.557. The van der Waals surface area contributed by atoms with Crippen molar-refractivity contribution in [3.63, 3.8) is 0 Å². The Kier molecular flexibility index (Phi) is 3.06. The van der Waals surface area contributed by atoms with Crippen LogP contribution in [0.4, 0.5) is 8.78 Å². The van der Waals surface area contributed by atoms with Crippen LogP contribution in [0.25, 0.3) is 21.9 Å². The third-order valence-electron chi connectivity index (χ3n) is 3.78. The van der Waals surface area contributed by atoms with Crippen LogP contribution in [0.3, 0.4) is 0 Å². The Labute approximate surface area is 133 Å². The normalized spacial score (nSPS) is 15.0. The molecule has 0 N–H and O–H groups in total. The van der Waals surface area contributed by atoms with E-state index >= 15 is 0 Å². The maximum atomic E-state index is 14.5. The van der Waals surface area contributed by atoms with Crippen LogP contribution in [0, 0.1) is 21.1 Å².